The second-order valence-electron chi connectivity index (χ2n) is 6.58. The Labute approximate surface area is 169 Å². The van der Waals surface area contributed by atoms with E-state index in [4.69, 9.17) is 4.74 Å². The SMILES string of the molecule is O=C(Nc1ccc(C2CNCCO2)cc1)c1cnn(-c2cnc(C(F)(F)F)nc2)c1. The van der Waals surface area contributed by atoms with Gasteiger partial charge in [-0.3, -0.25) is 4.79 Å². The second-order valence-corrected chi connectivity index (χ2v) is 6.58. The van der Waals surface area contributed by atoms with Crippen LogP contribution in [-0.4, -0.2) is 45.4 Å². The highest BCUT2D eigenvalue weighted by Gasteiger charge is 2.34. The molecule has 0 radical (unpaired) electrons. The number of nitrogens with zero attached hydrogens (tertiary/aromatic N) is 4. The number of rotatable bonds is 4. The third-order valence-corrected chi connectivity index (χ3v) is 4.47. The van der Waals surface area contributed by atoms with Crippen LogP contribution in [0.1, 0.15) is 27.8 Å². The smallest absolute Gasteiger partial charge is 0.371 e. The number of ether oxygens (including phenoxy) is 1. The van der Waals surface area contributed by atoms with E-state index in [-0.39, 0.29) is 17.4 Å². The summed E-state index contributed by atoms with van der Waals surface area (Å²) >= 11 is 0. The maximum absolute atomic E-state index is 12.6. The van der Waals surface area contributed by atoms with Gasteiger partial charge in [0.25, 0.3) is 5.91 Å². The topological polar surface area (TPSA) is 94.0 Å². The first-order valence-corrected chi connectivity index (χ1v) is 9.08. The average molecular weight is 418 g/mol. The number of nitrogens with one attached hydrogen (secondary N) is 2. The summed E-state index contributed by atoms with van der Waals surface area (Å²) in [6.45, 7) is 2.21. The first kappa shape index (κ1) is 20.0. The Kier molecular flexibility index (Phi) is 5.46. The van der Waals surface area contributed by atoms with Crippen LogP contribution < -0.4 is 10.6 Å². The van der Waals surface area contributed by atoms with Crippen LogP contribution >= 0.6 is 0 Å². The fourth-order valence-corrected chi connectivity index (χ4v) is 2.93. The Morgan fingerprint density at radius 3 is 2.53 bits per heavy atom. The summed E-state index contributed by atoms with van der Waals surface area (Å²) in [5, 5.41) is 10.0. The molecule has 3 heterocycles. The molecule has 1 aliphatic heterocycles. The molecule has 8 nitrogen and oxygen atoms in total. The lowest BCUT2D eigenvalue weighted by Gasteiger charge is -2.24. The number of carbonyl (C=O) groups is 1. The van der Waals surface area contributed by atoms with Gasteiger partial charge < -0.3 is 15.4 Å². The summed E-state index contributed by atoms with van der Waals surface area (Å²) in [6.07, 6.45) is 0.0347. The van der Waals surface area contributed by atoms with Crippen LogP contribution in [0, 0.1) is 0 Å². The van der Waals surface area contributed by atoms with E-state index in [2.05, 4.69) is 25.7 Å². The maximum atomic E-state index is 12.6. The largest absolute Gasteiger partial charge is 0.451 e. The van der Waals surface area contributed by atoms with Gasteiger partial charge in [0.15, 0.2) is 0 Å². The molecule has 2 aromatic heterocycles. The number of benzene rings is 1. The highest BCUT2D eigenvalue weighted by molar-refractivity contribution is 6.03. The van der Waals surface area contributed by atoms with Crippen molar-refractivity contribution in [3.63, 3.8) is 0 Å². The number of carbonyl (C=O) groups excluding carboxylic acids is 1. The van der Waals surface area contributed by atoms with Crippen molar-refractivity contribution in [3.05, 3.63) is 66.0 Å². The second kappa shape index (κ2) is 8.20. The van der Waals surface area contributed by atoms with Crippen LogP contribution in [0.5, 0.6) is 0 Å². The van der Waals surface area contributed by atoms with Crippen molar-refractivity contribution in [1.82, 2.24) is 25.1 Å². The molecule has 0 aliphatic carbocycles. The van der Waals surface area contributed by atoms with Gasteiger partial charge >= 0.3 is 6.18 Å². The van der Waals surface area contributed by atoms with Crippen LogP contribution in [0.4, 0.5) is 18.9 Å². The number of hydrogen-bond donors (Lipinski definition) is 2. The van der Waals surface area contributed by atoms with Gasteiger partial charge in [-0.2, -0.15) is 18.3 Å². The lowest BCUT2D eigenvalue weighted by Crippen LogP contribution is -2.33. The van der Waals surface area contributed by atoms with Gasteiger partial charge in [0.05, 0.1) is 36.9 Å². The standard InChI is InChI=1S/C19H17F3N6O2/c20-19(21,22)18-24-8-15(9-25-18)28-11-13(7-26-28)17(29)27-14-3-1-12(2-4-14)16-10-23-5-6-30-16/h1-4,7-9,11,16,23H,5-6,10H2,(H,27,29). The van der Waals surface area contributed by atoms with Crippen LogP contribution in [0.25, 0.3) is 5.69 Å². The molecule has 1 aliphatic rings. The molecule has 3 aromatic rings. The highest BCUT2D eigenvalue weighted by Crippen LogP contribution is 2.25. The molecule has 1 saturated heterocycles. The molecular formula is C19H17F3N6O2. The van der Waals surface area contributed by atoms with E-state index in [1.54, 1.807) is 12.1 Å². The maximum Gasteiger partial charge on any atom is 0.451 e. The third kappa shape index (κ3) is 4.47. The van der Waals surface area contributed by atoms with Crippen molar-refractivity contribution in [2.24, 2.45) is 0 Å². The zero-order valence-electron chi connectivity index (χ0n) is 15.6. The molecule has 11 heteroatoms. The van der Waals surface area contributed by atoms with Gasteiger partial charge in [0.2, 0.25) is 5.82 Å². The summed E-state index contributed by atoms with van der Waals surface area (Å²) in [5.41, 5.74) is 2.04. The molecule has 1 unspecified atom stereocenters. The van der Waals surface area contributed by atoms with Crippen molar-refractivity contribution in [1.29, 1.82) is 0 Å². The van der Waals surface area contributed by atoms with Crippen molar-refractivity contribution in [3.8, 4) is 5.69 Å². The molecule has 1 fully saturated rings. The lowest BCUT2D eigenvalue weighted by molar-refractivity contribution is -0.145. The van der Waals surface area contributed by atoms with Crippen LogP contribution in [-0.2, 0) is 10.9 Å². The van der Waals surface area contributed by atoms with E-state index in [9.17, 15) is 18.0 Å². The zero-order chi connectivity index (χ0) is 21.1. The normalized spacial score (nSPS) is 17.0. The quantitative estimate of drug-likeness (QED) is 0.677. The minimum atomic E-state index is -4.62. The van der Waals surface area contributed by atoms with Crippen LogP contribution in [0.15, 0.2) is 49.1 Å². The van der Waals surface area contributed by atoms with Crippen molar-refractivity contribution >= 4 is 11.6 Å². The van der Waals surface area contributed by atoms with E-state index >= 15 is 0 Å². The highest BCUT2D eigenvalue weighted by atomic mass is 19.4. The summed E-state index contributed by atoms with van der Waals surface area (Å²) in [7, 11) is 0. The minimum Gasteiger partial charge on any atom is -0.371 e. The molecule has 0 saturated carbocycles. The Bertz CT molecular complexity index is 1010. The molecular weight excluding hydrogens is 401 g/mol. The summed E-state index contributed by atoms with van der Waals surface area (Å²) < 4.78 is 44.6. The summed E-state index contributed by atoms with van der Waals surface area (Å²) in [6, 6.07) is 7.32. The predicted octanol–water partition coefficient (Wildman–Crippen LogP) is 2.59. The molecule has 0 spiro atoms. The lowest BCUT2D eigenvalue weighted by atomic mass is 10.1. The summed E-state index contributed by atoms with van der Waals surface area (Å²) in [4.78, 5) is 19.0. The van der Waals surface area contributed by atoms with Gasteiger partial charge in [-0.25, -0.2) is 14.6 Å². The number of aromatic nitrogens is 4. The molecule has 4 rings (SSSR count). The van der Waals surface area contributed by atoms with Crippen molar-refractivity contribution in [2.75, 3.05) is 25.0 Å². The van der Waals surface area contributed by atoms with E-state index in [1.807, 2.05) is 12.1 Å². The first-order chi connectivity index (χ1) is 14.4. The third-order valence-electron chi connectivity index (χ3n) is 4.47. The fourth-order valence-electron chi connectivity index (χ4n) is 2.93. The van der Waals surface area contributed by atoms with Gasteiger partial charge in [0.1, 0.15) is 5.69 Å². The van der Waals surface area contributed by atoms with Crippen molar-refractivity contribution in [2.45, 2.75) is 12.3 Å². The molecule has 1 atom stereocenters. The minimum absolute atomic E-state index is 0.0207. The summed E-state index contributed by atoms with van der Waals surface area (Å²) in [5.74, 6) is -1.65. The monoisotopic (exact) mass is 418 g/mol. The fraction of sp³-hybridized carbons (Fsp3) is 0.263. The molecule has 2 N–H and O–H groups in total. The van der Waals surface area contributed by atoms with Gasteiger partial charge in [0, 0.05) is 25.0 Å². The number of anilines is 1. The van der Waals surface area contributed by atoms with Gasteiger partial charge in [-0.05, 0) is 17.7 Å². The average Bonchev–Trinajstić information content (AvgIpc) is 3.25. The van der Waals surface area contributed by atoms with Crippen LogP contribution in [0.3, 0.4) is 0 Å². The molecule has 156 valence electrons. The number of morpholine rings is 1. The molecule has 1 amide bonds. The van der Waals surface area contributed by atoms with E-state index in [1.165, 1.54) is 17.1 Å². The van der Waals surface area contributed by atoms with E-state index in [0.29, 0.717) is 12.3 Å². The number of hydrogen-bond acceptors (Lipinski definition) is 6. The predicted molar refractivity (Wildman–Crippen MR) is 100 cm³/mol. The van der Waals surface area contributed by atoms with Crippen molar-refractivity contribution < 1.29 is 22.7 Å². The number of halogens is 3. The molecule has 0 bridgehead atoms. The van der Waals surface area contributed by atoms with E-state index in [0.717, 1.165) is 31.0 Å². The Balaban J connectivity index is 1.41. The Morgan fingerprint density at radius 2 is 1.90 bits per heavy atom. The molecule has 1 aromatic carbocycles. The first-order valence-electron chi connectivity index (χ1n) is 9.08. The Hall–Kier alpha value is -3.31. The zero-order valence-corrected chi connectivity index (χ0v) is 15.6. The number of amides is 1. The van der Waals surface area contributed by atoms with E-state index < -0.39 is 17.9 Å². The van der Waals surface area contributed by atoms with Gasteiger partial charge in [-0.1, -0.05) is 12.1 Å². The van der Waals surface area contributed by atoms with Crippen LogP contribution in [0.2, 0.25) is 0 Å². The molecule has 30 heavy (non-hydrogen) atoms. The Morgan fingerprint density at radius 1 is 1.17 bits per heavy atom. The number of alkyl halides is 3. The van der Waals surface area contributed by atoms with Gasteiger partial charge in [-0.15, -0.1) is 0 Å².